The van der Waals surface area contributed by atoms with Crippen LogP contribution in [0.25, 0.3) is 30.9 Å². The maximum atomic E-state index is 12.1. The zero-order chi connectivity index (χ0) is 20.3. The van der Waals surface area contributed by atoms with E-state index in [0.29, 0.717) is 0 Å². The molecule has 0 aliphatic heterocycles. The fourth-order valence-electron chi connectivity index (χ4n) is 3.50. The van der Waals surface area contributed by atoms with Crippen LogP contribution in [-0.4, -0.2) is 44.3 Å². The van der Waals surface area contributed by atoms with E-state index in [9.17, 15) is 39.6 Å². The minimum Gasteiger partial charge on any atom is -0.478 e. The molecule has 0 amide bonds. The molecule has 4 rings (SSSR count). The van der Waals surface area contributed by atoms with Crippen molar-refractivity contribution < 1.29 is 39.6 Å². The maximum Gasteiger partial charge on any atom is 0.337 e. The monoisotopic (exact) mass is 416 g/mol. The van der Waals surface area contributed by atoms with Gasteiger partial charge in [-0.05, 0) is 22.9 Å². The van der Waals surface area contributed by atoms with Crippen molar-refractivity contribution in [3.63, 3.8) is 0 Å². The van der Waals surface area contributed by atoms with Gasteiger partial charge in [-0.3, -0.25) is 0 Å². The van der Waals surface area contributed by atoms with Gasteiger partial charge in [-0.1, -0.05) is 0 Å². The van der Waals surface area contributed by atoms with Crippen LogP contribution in [0.4, 0.5) is 0 Å². The van der Waals surface area contributed by atoms with Crippen LogP contribution in [0.2, 0.25) is 0 Å². The quantitative estimate of drug-likeness (QED) is 0.389. The number of carboxylic acid groups (broad SMARTS) is 4. The normalized spacial score (nSPS) is 11.3. The van der Waals surface area contributed by atoms with Crippen LogP contribution in [0.5, 0.6) is 0 Å². The average molecular weight is 416 g/mol. The number of rotatable bonds is 4. The van der Waals surface area contributed by atoms with Crippen molar-refractivity contribution in [3.8, 4) is 0 Å². The Morgan fingerprint density at radius 1 is 0.571 bits per heavy atom. The van der Waals surface area contributed by atoms with Gasteiger partial charge in [0.1, 0.15) is 0 Å². The summed E-state index contributed by atoms with van der Waals surface area (Å²) in [5.41, 5.74) is -1.69. The molecule has 0 aliphatic carbocycles. The fourth-order valence-corrected chi connectivity index (χ4v) is 5.39. The third-order valence-corrected chi connectivity index (χ3v) is 6.29. The summed E-state index contributed by atoms with van der Waals surface area (Å²) in [6.07, 6.45) is 0. The topological polar surface area (TPSA) is 149 Å². The van der Waals surface area contributed by atoms with Gasteiger partial charge in [-0.2, -0.15) is 0 Å². The highest BCUT2D eigenvalue weighted by molar-refractivity contribution is 7.18. The standard InChI is InChI=1S/C18H8O8S2/c19-15(20)7-5-1-3-27-13(5)11(17(23)24)10-8(16(21)22)6-2-4-28-14(6)12(9(7)10)18(25)26/h1-4H,(H,19,20)(H,21,22)(H,23,24)(H,25,26). The number of carboxylic acids is 4. The van der Waals surface area contributed by atoms with Crippen molar-refractivity contribution >= 4 is 77.5 Å². The molecule has 28 heavy (non-hydrogen) atoms. The van der Waals surface area contributed by atoms with E-state index in [2.05, 4.69) is 0 Å². The van der Waals surface area contributed by atoms with E-state index in [4.69, 9.17) is 0 Å². The van der Waals surface area contributed by atoms with Gasteiger partial charge >= 0.3 is 23.9 Å². The lowest BCUT2D eigenvalue weighted by atomic mass is 9.88. The number of benzene rings is 2. The lowest BCUT2D eigenvalue weighted by Crippen LogP contribution is -2.12. The molecule has 4 aromatic rings. The second kappa shape index (κ2) is 6.01. The Morgan fingerprint density at radius 2 is 0.893 bits per heavy atom. The number of thiophene rings is 2. The minimum atomic E-state index is -1.47. The molecule has 10 heteroatoms. The fraction of sp³-hybridized carbons (Fsp3) is 0. The number of hydrogen-bond donors (Lipinski definition) is 4. The lowest BCUT2D eigenvalue weighted by molar-refractivity contribution is 0.0679. The molecule has 0 bridgehead atoms. The largest absolute Gasteiger partial charge is 0.478 e. The van der Waals surface area contributed by atoms with Gasteiger partial charge < -0.3 is 20.4 Å². The molecule has 8 nitrogen and oxygen atoms in total. The Hall–Kier alpha value is -3.50. The highest BCUT2D eigenvalue weighted by Crippen LogP contribution is 2.44. The Morgan fingerprint density at radius 3 is 1.18 bits per heavy atom. The van der Waals surface area contributed by atoms with Crippen LogP contribution in [0.15, 0.2) is 22.9 Å². The third-order valence-electron chi connectivity index (χ3n) is 4.43. The predicted molar refractivity (Wildman–Crippen MR) is 103 cm³/mol. The molecule has 140 valence electrons. The first-order valence-electron chi connectivity index (χ1n) is 7.58. The first kappa shape index (κ1) is 17.9. The second-order valence-corrected chi connectivity index (χ2v) is 7.63. The number of hydrogen-bond acceptors (Lipinski definition) is 6. The van der Waals surface area contributed by atoms with Crippen LogP contribution in [-0.2, 0) is 0 Å². The van der Waals surface area contributed by atoms with E-state index in [0.717, 1.165) is 22.7 Å². The smallest absolute Gasteiger partial charge is 0.337 e. The van der Waals surface area contributed by atoms with Gasteiger partial charge in [0.2, 0.25) is 0 Å². The highest BCUT2D eigenvalue weighted by atomic mass is 32.1. The number of aromatic carboxylic acids is 4. The highest BCUT2D eigenvalue weighted by Gasteiger charge is 2.32. The van der Waals surface area contributed by atoms with Crippen LogP contribution >= 0.6 is 22.7 Å². The zero-order valence-electron chi connectivity index (χ0n) is 13.5. The first-order valence-corrected chi connectivity index (χ1v) is 9.34. The first-order chi connectivity index (χ1) is 13.3. The molecule has 0 fully saturated rings. The second-order valence-electron chi connectivity index (χ2n) is 5.80. The van der Waals surface area contributed by atoms with Crippen LogP contribution in [0.1, 0.15) is 41.4 Å². The molecule has 2 aromatic carbocycles. The van der Waals surface area contributed by atoms with Crippen molar-refractivity contribution in [2.24, 2.45) is 0 Å². The van der Waals surface area contributed by atoms with Crippen LogP contribution < -0.4 is 0 Å². The molecule has 2 aromatic heterocycles. The van der Waals surface area contributed by atoms with E-state index in [1.807, 2.05) is 0 Å². The molecular formula is C18H8O8S2. The van der Waals surface area contributed by atoms with E-state index in [-0.39, 0.29) is 20.2 Å². The molecule has 0 radical (unpaired) electrons. The van der Waals surface area contributed by atoms with Gasteiger partial charge in [0.25, 0.3) is 0 Å². The van der Waals surface area contributed by atoms with Crippen LogP contribution in [0.3, 0.4) is 0 Å². The summed E-state index contributed by atoms with van der Waals surface area (Å²) in [6, 6.07) is 2.78. The van der Waals surface area contributed by atoms with Crippen molar-refractivity contribution in [1.82, 2.24) is 0 Å². The molecule has 0 saturated carbocycles. The molecule has 0 aliphatic rings. The van der Waals surface area contributed by atoms with Gasteiger partial charge in [0, 0.05) is 21.5 Å². The van der Waals surface area contributed by atoms with Crippen molar-refractivity contribution in [2.45, 2.75) is 0 Å². The molecule has 0 saturated heterocycles. The summed E-state index contributed by atoms with van der Waals surface area (Å²) in [6.45, 7) is 0. The van der Waals surface area contributed by atoms with Gasteiger partial charge in [-0.25, -0.2) is 19.2 Å². The van der Waals surface area contributed by atoms with Crippen molar-refractivity contribution in [3.05, 3.63) is 45.1 Å². The summed E-state index contributed by atoms with van der Waals surface area (Å²) in [7, 11) is 0. The summed E-state index contributed by atoms with van der Waals surface area (Å²) in [5, 5.41) is 41.5. The molecule has 4 N–H and O–H groups in total. The predicted octanol–water partition coefficient (Wildman–Crippen LogP) is 4.06. The summed E-state index contributed by atoms with van der Waals surface area (Å²) in [4.78, 5) is 48.2. The number of fused-ring (bicyclic) bond motifs is 3. The van der Waals surface area contributed by atoms with Crippen molar-refractivity contribution in [2.75, 3.05) is 0 Å². The summed E-state index contributed by atoms with van der Waals surface area (Å²) < 4.78 is 0.150. The van der Waals surface area contributed by atoms with E-state index in [1.54, 1.807) is 0 Å². The molecular weight excluding hydrogens is 408 g/mol. The van der Waals surface area contributed by atoms with Gasteiger partial charge in [-0.15, -0.1) is 22.7 Å². The third kappa shape index (κ3) is 2.22. The van der Waals surface area contributed by atoms with E-state index < -0.39 is 56.9 Å². The van der Waals surface area contributed by atoms with Crippen molar-refractivity contribution in [1.29, 1.82) is 0 Å². The van der Waals surface area contributed by atoms with E-state index in [1.165, 1.54) is 22.9 Å². The zero-order valence-corrected chi connectivity index (χ0v) is 15.2. The Labute approximate surface area is 162 Å². The Bertz CT molecular complexity index is 1170. The Kier molecular flexibility index (Phi) is 3.84. The molecule has 0 unspecified atom stereocenters. The molecule has 0 spiro atoms. The molecule has 2 heterocycles. The van der Waals surface area contributed by atoms with Crippen LogP contribution in [0, 0.1) is 0 Å². The minimum absolute atomic E-state index is 0.0529. The SMILES string of the molecule is O=C(O)c1c2ccsc2c(C(=O)O)c2c(C(=O)O)c3ccsc3c(C(=O)O)c12. The summed E-state index contributed by atoms with van der Waals surface area (Å²) >= 11 is 1.90. The number of carbonyl (C=O) groups is 4. The summed E-state index contributed by atoms with van der Waals surface area (Å²) in [5.74, 6) is -5.88. The average Bonchev–Trinajstić information content (AvgIpc) is 3.24. The Balaban J connectivity index is 2.56. The van der Waals surface area contributed by atoms with E-state index >= 15 is 0 Å². The lowest BCUT2D eigenvalue weighted by Gasteiger charge is -2.15. The van der Waals surface area contributed by atoms with Gasteiger partial charge in [0.05, 0.1) is 31.7 Å². The van der Waals surface area contributed by atoms with Gasteiger partial charge in [0.15, 0.2) is 0 Å². The molecule has 0 atom stereocenters. The maximum absolute atomic E-state index is 12.1.